The van der Waals surface area contributed by atoms with Gasteiger partial charge in [-0.1, -0.05) is 162 Å². The van der Waals surface area contributed by atoms with Gasteiger partial charge in [0.05, 0.1) is 24.7 Å². The molecule has 49 heavy (non-hydrogen) atoms. The molecule has 0 radical (unpaired) electrons. The van der Waals surface area contributed by atoms with Gasteiger partial charge in [0, 0.05) is 0 Å². The Kier molecular flexibility index (Phi) is 37.3. The maximum Gasteiger partial charge on any atom is 0.316 e. The number of phosphoric acid groups is 1. The predicted molar refractivity (Wildman–Crippen MR) is 207 cm³/mol. The fraction of sp³-hybridized carbons (Fsp3) is 0.947. The van der Waals surface area contributed by atoms with E-state index in [1.165, 1.54) is 158 Å². The van der Waals surface area contributed by atoms with Crippen LogP contribution in [0.5, 0.6) is 0 Å². The lowest BCUT2D eigenvalue weighted by Gasteiger charge is -2.25. The Morgan fingerprint density at radius 3 is 1.33 bits per heavy atom. The largest absolute Gasteiger partial charge is 0.756 e. The van der Waals surface area contributed by atoms with Crippen LogP contribution >= 0.6 is 31.3 Å². The van der Waals surface area contributed by atoms with E-state index in [0.717, 1.165) is 30.8 Å². The molecule has 0 fully saturated rings. The van der Waals surface area contributed by atoms with Crippen LogP contribution in [0.3, 0.4) is 0 Å². The first-order valence-corrected chi connectivity index (χ1v) is 23.7. The summed E-state index contributed by atoms with van der Waals surface area (Å²) in [6, 6.07) is 0. The summed E-state index contributed by atoms with van der Waals surface area (Å²) in [5, 5.41) is 0. The smallest absolute Gasteiger partial charge is 0.316 e. The van der Waals surface area contributed by atoms with E-state index in [9.17, 15) is 19.0 Å². The number of unbranched alkanes of at least 4 members (excludes halogenated alkanes) is 22. The van der Waals surface area contributed by atoms with Gasteiger partial charge in [-0.3, -0.25) is 14.2 Å². The molecule has 0 aromatic carbocycles. The van der Waals surface area contributed by atoms with Crippen molar-refractivity contribution in [1.29, 1.82) is 0 Å². The zero-order valence-corrected chi connectivity index (χ0v) is 34.3. The summed E-state index contributed by atoms with van der Waals surface area (Å²) in [6.45, 7) is 5.57. The Hall–Kier alpha value is -0.250. The molecule has 0 amide bonds. The van der Waals surface area contributed by atoms with Gasteiger partial charge in [0.1, 0.15) is 6.61 Å². The minimum atomic E-state index is -4.54. The number of thioether (sulfide) groups is 2. The van der Waals surface area contributed by atoms with E-state index < -0.39 is 32.5 Å². The molecule has 0 bridgehead atoms. The topological polar surface area (TPSA) is 111 Å². The van der Waals surface area contributed by atoms with Crippen LogP contribution in [0.25, 0.3) is 0 Å². The van der Waals surface area contributed by atoms with Crippen LogP contribution in [0.2, 0.25) is 0 Å². The zero-order valence-electron chi connectivity index (χ0n) is 31.7. The van der Waals surface area contributed by atoms with E-state index in [1.807, 2.05) is 0 Å². The second-order valence-electron chi connectivity index (χ2n) is 13.3. The molecule has 0 aliphatic rings. The molecule has 2 unspecified atom stereocenters. The molecular formula is C38H74O8PS2-. The van der Waals surface area contributed by atoms with Gasteiger partial charge >= 0.3 is 11.9 Å². The number of phosphoric ester groups is 1. The van der Waals surface area contributed by atoms with Crippen LogP contribution in [-0.4, -0.2) is 60.9 Å². The van der Waals surface area contributed by atoms with Gasteiger partial charge in [-0.25, -0.2) is 0 Å². The lowest BCUT2D eigenvalue weighted by molar-refractivity contribution is -0.228. The number of esters is 2. The summed E-state index contributed by atoms with van der Waals surface area (Å²) in [5.74, 6) is 1.20. The summed E-state index contributed by atoms with van der Waals surface area (Å²) < 4.78 is 32.5. The van der Waals surface area contributed by atoms with Crippen LogP contribution in [0, 0.1) is 0 Å². The van der Waals surface area contributed by atoms with Crippen molar-refractivity contribution in [3.63, 3.8) is 0 Å². The number of hydrogen-bond donors (Lipinski definition) is 0. The van der Waals surface area contributed by atoms with Crippen LogP contribution in [0.15, 0.2) is 0 Å². The highest BCUT2D eigenvalue weighted by Gasteiger charge is 2.21. The maximum atomic E-state index is 12.5. The fourth-order valence-electron chi connectivity index (χ4n) is 5.38. The van der Waals surface area contributed by atoms with E-state index in [-0.39, 0.29) is 24.7 Å². The van der Waals surface area contributed by atoms with E-state index >= 15 is 0 Å². The third kappa shape index (κ3) is 37.3. The highest BCUT2D eigenvalue weighted by atomic mass is 32.2. The first kappa shape index (κ1) is 48.8. The van der Waals surface area contributed by atoms with Crippen molar-refractivity contribution in [3.05, 3.63) is 0 Å². The molecule has 11 heteroatoms. The summed E-state index contributed by atoms with van der Waals surface area (Å²) in [6.07, 6.45) is 30.5. The van der Waals surface area contributed by atoms with Crippen molar-refractivity contribution in [2.75, 3.05) is 42.8 Å². The highest BCUT2D eigenvalue weighted by Crippen LogP contribution is 2.38. The van der Waals surface area contributed by atoms with Gasteiger partial charge < -0.3 is 23.4 Å². The summed E-state index contributed by atoms with van der Waals surface area (Å²) in [4.78, 5) is 36.9. The van der Waals surface area contributed by atoms with Gasteiger partial charge in [-0.15, -0.1) is 0 Å². The molecule has 292 valence electrons. The SMILES string of the molecule is CCCCCCCCCCCCCCSCC(=O)OCC(COP(=O)([O-])OCCC)OC(=O)CSCCCCCCCCCCCCCC. The summed E-state index contributed by atoms with van der Waals surface area (Å²) >= 11 is 3.03. The van der Waals surface area contributed by atoms with Crippen LogP contribution in [0.4, 0.5) is 0 Å². The van der Waals surface area contributed by atoms with Gasteiger partial charge in [-0.05, 0) is 30.8 Å². The van der Waals surface area contributed by atoms with Gasteiger partial charge in [0.25, 0.3) is 7.82 Å². The zero-order chi connectivity index (χ0) is 36.1. The second kappa shape index (κ2) is 37.5. The van der Waals surface area contributed by atoms with Gasteiger partial charge in [0.2, 0.25) is 0 Å². The highest BCUT2D eigenvalue weighted by molar-refractivity contribution is 8.00. The molecule has 0 aromatic heterocycles. The quantitative estimate of drug-likeness (QED) is 0.0341. The van der Waals surface area contributed by atoms with Crippen molar-refractivity contribution < 1.29 is 37.6 Å². The maximum absolute atomic E-state index is 12.5. The van der Waals surface area contributed by atoms with Crippen molar-refractivity contribution in [3.8, 4) is 0 Å². The molecule has 0 saturated heterocycles. The van der Waals surface area contributed by atoms with E-state index in [1.54, 1.807) is 6.92 Å². The normalized spacial score (nSPS) is 13.3. The lowest BCUT2D eigenvalue weighted by atomic mass is 10.1. The molecule has 0 aliphatic carbocycles. The molecule has 0 saturated carbocycles. The average molecular weight is 754 g/mol. The van der Waals surface area contributed by atoms with E-state index in [0.29, 0.717) is 6.42 Å². The van der Waals surface area contributed by atoms with Crippen molar-refractivity contribution in [1.82, 2.24) is 0 Å². The average Bonchev–Trinajstić information content (AvgIpc) is 3.08. The van der Waals surface area contributed by atoms with Crippen molar-refractivity contribution in [2.24, 2.45) is 0 Å². The second-order valence-corrected chi connectivity index (χ2v) is 16.9. The minimum absolute atomic E-state index is 0.00635. The van der Waals surface area contributed by atoms with Crippen LogP contribution in [-0.2, 0) is 32.7 Å². The molecular weight excluding hydrogens is 680 g/mol. The first-order valence-electron chi connectivity index (χ1n) is 19.9. The van der Waals surface area contributed by atoms with Crippen LogP contribution < -0.4 is 4.89 Å². The number of ether oxygens (including phenoxy) is 2. The molecule has 0 aliphatic heterocycles. The Morgan fingerprint density at radius 1 is 0.531 bits per heavy atom. The molecule has 0 rings (SSSR count). The lowest BCUT2D eigenvalue weighted by Crippen LogP contribution is -2.31. The van der Waals surface area contributed by atoms with Crippen molar-refractivity contribution >= 4 is 43.3 Å². The standard InChI is InChI=1S/C38H75O8PS2/c1-4-7-9-11-13-15-17-19-21-23-25-27-30-48-34-37(39)43-32-36(33-45-47(41,42)44-29-6-3)46-38(40)35-49-31-28-26-24-22-20-18-16-14-12-10-8-5-2/h36H,4-35H2,1-3H3,(H,41,42)/p-1. The minimum Gasteiger partial charge on any atom is -0.756 e. The van der Waals surface area contributed by atoms with Gasteiger partial charge in [-0.2, -0.15) is 23.5 Å². The molecule has 0 spiro atoms. The Labute approximate surface area is 310 Å². The number of carbonyl (C=O) groups is 2. The number of hydrogen-bond acceptors (Lipinski definition) is 10. The summed E-state index contributed by atoms with van der Waals surface area (Å²) in [5.41, 5.74) is 0. The first-order chi connectivity index (χ1) is 23.8. The molecule has 8 nitrogen and oxygen atoms in total. The van der Waals surface area contributed by atoms with E-state index in [4.69, 9.17) is 18.5 Å². The Balaban J connectivity index is 4.14. The Morgan fingerprint density at radius 2 is 0.918 bits per heavy atom. The number of rotatable bonds is 39. The Bertz CT molecular complexity index is 789. The summed E-state index contributed by atoms with van der Waals surface area (Å²) in [7, 11) is -4.54. The van der Waals surface area contributed by atoms with Gasteiger partial charge in [0.15, 0.2) is 6.10 Å². The van der Waals surface area contributed by atoms with Crippen LogP contribution in [0.1, 0.15) is 181 Å². The molecule has 0 aromatic rings. The fourth-order valence-corrected chi connectivity index (χ4v) is 7.80. The molecule has 0 heterocycles. The molecule has 2 atom stereocenters. The third-order valence-corrected chi connectivity index (χ3v) is 11.3. The number of carbonyl (C=O) groups excluding carboxylic acids is 2. The molecule has 0 N–H and O–H groups in total. The van der Waals surface area contributed by atoms with Crippen molar-refractivity contribution in [2.45, 2.75) is 187 Å². The predicted octanol–water partition coefficient (Wildman–Crippen LogP) is 11.2. The third-order valence-electron chi connectivity index (χ3n) is 8.32. The van der Waals surface area contributed by atoms with E-state index in [2.05, 4.69) is 13.8 Å². The monoisotopic (exact) mass is 753 g/mol.